The molecule has 1 aliphatic heterocycles. The maximum absolute atomic E-state index is 11.4. The van der Waals surface area contributed by atoms with Crippen LogP contribution in [0, 0.1) is 5.92 Å². The Morgan fingerprint density at radius 2 is 2.23 bits per heavy atom. The maximum Gasteiger partial charge on any atom is 0.260 e. The highest BCUT2D eigenvalue weighted by atomic mass is 79.9. The van der Waals surface area contributed by atoms with Crippen molar-refractivity contribution >= 4 is 33.4 Å². The highest BCUT2D eigenvalue weighted by Crippen LogP contribution is 2.21. The third kappa shape index (κ3) is 1.54. The standard InChI is InChI=1S/C9H7BrN2O/c1-5-11-8-4-6(10)2-3-7(8)9(13)12-5/h2-4,7H,1H3. The number of fused-ring (bicyclic) bond motifs is 1. The molecular weight excluding hydrogens is 232 g/mol. The summed E-state index contributed by atoms with van der Waals surface area (Å²) in [7, 11) is 0. The lowest BCUT2D eigenvalue weighted by atomic mass is 9.97. The molecule has 2 aliphatic rings. The summed E-state index contributed by atoms with van der Waals surface area (Å²) in [5.41, 5.74) is 0.770. The fourth-order valence-corrected chi connectivity index (χ4v) is 1.70. The van der Waals surface area contributed by atoms with Crippen molar-refractivity contribution in [2.45, 2.75) is 6.92 Å². The van der Waals surface area contributed by atoms with Gasteiger partial charge in [-0.1, -0.05) is 28.1 Å². The summed E-state index contributed by atoms with van der Waals surface area (Å²) in [5, 5.41) is 0. The van der Waals surface area contributed by atoms with Crippen LogP contribution in [0.25, 0.3) is 0 Å². The topological polar surface area (TPSA) is 41.8 Å². The first-order valence-corrected chi connectivity index (χ1v) is 4.69. The molecule has 66 valence electrons. The molecule has 0 aromatic rings. The van der Waals surface area contributed by atoms with Crippen molar-refractivity contribution in [3.8, 4) is 0 Å². The number of nitrogens with zero attached hydrogens (tertiary/aromatic N) is 2. The van der Waals surface area contributed by atoms with E-state index in [1.807, 2.05) is 12.2 Å². The van der Waals surface area contributed by atoms with E-state index < -0.39 is 0 Å². The summed E-state index contributed by atoms with van der Waals surface area (Å²) in [4.78, 5) is 19.4. The Bertz CT molecular complexity index is 390. The van der Waals surface area contributed by atoms with E-state index in [1.165, 1.54) is 0 Å². The second kappa shape index (κ2) is 3.03. The van der Waals surface area contributed by atoms with Gasteiger partial charge < -0.3 is 0 Å². The second-order valence-corrected chi connectivity index (χ2v) is 3.82. The van der Waals surface area contributed by atoms with E-state index in [1.54, 1.807) is 13.0 Å². The fourth-order valence-electron chi connectivity index (χ4n) is 1.32. The van der Waals surface area contributed by atoms with Gasteiger partial charge in [-0.3, -0.25) is 4.79 Å². The molecule has 0 radical (unpaired) electrons. The van der Waals surface area contributed by atoms with Gasteiger partial charge in [0.05, 0.1) is 5.71 Å². The van der Waals surface area contributed by atoms with Crippen LogP contribution in [0.5, 0.6) is 0 Å². The maximum atomic E-state index is 11.4. The lowest BCUT2D eigenvalue weighted by Gasteiger charge is -2.17. The molecule has 0 aromatic carbocycles. The van der Waals surface area contributed by atoms with E-state index >= 15 is 0 Å². The molecule has 0 N–H and O–H groups in total. The van der Waals surface area contributed by atoms with Crippen LogP contribution < -0.4 is 0 Å². The molecule has 0 saturated carbocycles. The molecule has 0 bridgehead atoms. The van der Waals surface area contributed by atoms with Crippen LogP contribution in [0.4, 0.5) is 0 Å². The second-order valence-electron chi connectivity index (χ2n) is 2.90. The third-order valence-electron chi connectivity index (χ3n) is 1.88. The highest BCUT2D eigenvalue weighted by Gasteiger charge is 2.25. The number of allylic oxidation sites excluding steroid dienone is 3. The summed E-state index contributed by atoms with van der Waals surface area (Å²) in [6.45, 7) is 1.72. The van der Waals surface area contributed by atoms with Gasteiger partial charge in [0.15, 0.2) is 0 Å². The Balaban J connectivity index is 2.46. The number of hydrogen-bond donors (Lipinski definition) is 0. The van der Waals surface area contributed by atoms with E-state index in [-0.39, 0.29) is 11.8 Å². The first-order chi connectivity index (χ1) is 6.16. The molecule has 13 heavy (non-hydrogen) atoms. The quantitative estimate of drug-likeness (QED) is 0.636. The van der Waals surface area contributed by atoms with Gasteiger partial charge in [-0.05, 0) is 13.0 Å². The minimum absolute atomic E-state index is 0.130. The number of carbonyl (C=O) groups excluding carboxylic acids is 1. The van der Waals surface area contributed by atoms with E-state index in [4.69, 9.17) is 0 Å². The number of amidine groups is 1. The van der Waals surface area contributed by atoms with Crippen LogP contribution >= 0.6 is 15.9 Å². The van der Waals surface area contributed by atoms with E-state index in [0.717, 1.165) is 10.2 Å². The molecule has 3 nitrogen and oxygen atoms in total. The SMILES string of the molecule is CC1=NC(=O)C2C=CC(Br)=CC2=N1. The van der Waals surface area contributed by atoms with E-state index in [2.05, 4.69) is 25.9 Å². The molecule has 1 heterocycles. The number of carbonyl (C=O) groups is 1. The van der Waals surface area contributed by atoms with Crippen LogP contribution in [0.2, 0.25) is 0 Å². The summed E-state index contributed by atoms with van der Waals surface area (Å²) in [6, 6.07) is 0. The largest absolute Gasteiger partial charge is 0.271 e. The first kappa shape index (κ1) is 8.56. The van der Waals surface area contributed by atoms with Gasteiger partial charge in [-0.15, -0.1) is 0 Å². The number of rotatable bonds is 0. The van der Waals surface area contributed by atoms with E-state index in [9.17, 15) is 4.79 Å². The van der Waals surface area contributed by atoms with Crippen LogP contribution in [-0.4, -0.2) is 17.5 Å². The Labute approximate surface area is 84.1 Å². The van der Waals surface area contributed by atoms with Crippen molar-refractivity contribution in [3.05, 3.63) is 22.7 Å². The van der Waals surface area contributed by atoms with Gasteiger partial charge in [0.25, 0.3) is 5.91 Å². The minimum Gasteiger partial charge on any atom is -0.271 e. The molecule has 1 aliphatic carbocycles. The zero-order chi connectivity index (χ0) is 9.42. The Hall–Kier alpha value is -1.03. The average Bonchev–Trinajstić information content (AvgIpc) is 2.02. The van der Waals surface area contributed by atoms with Crippen molar-refractivity contribution < 1.29 is 4.79 Å². The van der Waals surface area contributed by atoms with Crippen LogP contribution in [0.3, 0.4) is 0 Å². The van der Waals surface area contributed by atoms with Gasteiger partial charge in [-0.2, -0.15) is 4.99 Å². The lowest BCUT2D eigenvalue weighted by Crippen LogP contribution is -2.26. The van der Waals surface area contributed by atoms with Crippen molar-refractivity contribution in [1.82, 2.24) is 0 Å². The molecule has 2 rings (SSSR count). The van der Waals surface area contributed by atoms with Crippen LogP contribution in [-0.2, 0) is 4.79 Å². The van der Waals surface area contributed by atoms with Gasteiger partial charge in [0.1, 0.15) is 11.8 Å². The molecule has 4 heteroatoms. The van der Waals surface area contributed by atoms with Gasteiger partial charge in [0, 0.05) is 4.48 Å². The van der Waals surface area contributed by atoms with E-state index in [0.29, 0.717) is 5.84 Å². The summed E-state index contributed by atoms with van der Waals surface area (Å²) < 4.78 is 0.935. The summed E-state index contributed by atoms with van der Waals surface area (Å²) in [6.07, 6.45) is 5.50. The summed E-state index contributed by atoms with van der Waals surface area (Å²) >= 11 is 3.33. The van der Waals surface area contributed by atoms with Crippen LogP contribution in [0.15, 0.2) is 32.7 Å². The van der Waals surface area contributed by atoms with Crippen molar-refractivity contribution in [3.63, 3.8) is 0 Å². The number of hydrogen-bond acceptors (Lipinski definition) is 2. The molecule has 0 aromatic heterocycles. The Kier molecular flexibility index (Phi) is 2.00. The average molecular weight is 239 g/mol. The Morgan fingerprint density at radius 1 is 1.46 bits per heavy atom. The van der Waals surface area contributed by atoms with Gasteiger partial charge in [0.2, 0.25) is 0 Å². The molecule has 1 atom stereocenters. The Morgan fingerprint density at radius 3 is 3.00 bits per heavy atom. The summed E-state index contributed by atoms with van der Waals surface area (Å²) in [5.74, 6) is 0.128. The van der Waals surface area contributed by atoms with Crippen molar-refractivity contribution in [1.29, 1.82) is 0 Å². The lowest BCUT2D eigenvalue weighted by molar-refractivity contribution is -0.118. The third-order valence-corrected chi connectivity index (χ3v) is 2.37. The first-order valence-electron chi connectivity index (χ1n) is 3.90. The molecule has 0 spiro atoms. The molecule has 1 unspecified atom stereocenters. The van der Waals surface area contributed by atoms with Crippen LogP contribution in [0.1, 0.15) is 6.92 Å². The zero-order valence-electron chi connectivity index (χ0n) is 6.99. The zero-order valence-corrected chi connectivity index (χ0v) is 8.58. The smallest absolute Gasteiger partial charge is 0.260 e. The molecule has 0 fully saturated rings. The number of halogens is 1. The molecular formula is C9H7BrN2O. The van der Waals surface area contributed by atoms with Crippen molar-refractivity contribution in [2.24, 2.45) is 15.9 Å². The van der Waals surface area contributed by atoms with Crippen molar-refractivity contribution in [2.75, 3.05) is 0 Å². The number of amides is 1. The minimum atomic E-state index is -0.273. The molecule has 1 amide bonds. The predicted octanol–water partition coefficient (Wildman–Crippen LogP) is 1.85. The highest BCUT2D eigenvalue weighted by molar-refractivity contribution is 9.11. The molecule has 0 saturated heterocycles. The number of aliphatic imine (C=N–C) groups is 2. The normalized spacial score (nSPS) is 26.2. The fraction of sp³-hybridized carbons (Fsp3) is 0.222. The van der Waals surface area contributed by atoms with Gasteiger partial charge in [-0.25, -0.2) is 4.99 Å². The monoisotopic (exact) mass is 238 g/mol. The van der Waals surface area contributed by atoms with Gasteiger partial charge >= 0.3 is 0 Å². The predicted molar refractivity (Wildman–Crippen MR) is 55.2 cm³/mol.